The van der Waals surface area contributed by atoms with Crippen molar-refractivity contribution in [1.29, 1.82) is 0 Å². The van der Waals surface area contributed by atoms with Gasteiger partial charge >= 0.3 is 0 Å². The maximum atomic E-state index is 13.3. The molecule has 118 valence electrons. The van der Waals surface area contributed by atoms with E-state index in [4.69, 9.17) is 0 Å². The molecule has 1 unspecified atom stereocenters. The second-order valence-corrected chi connectivity index (χ2v) is 5.76. The molecule has 0 spiro atoms. The van der Waals surface area contributed by atoms with Gasteiger partial charge in [0.05, 0.1) is 12.0 Å². The Balaban J connectivity index is 1.74. The molecule has 2 heterocycles. The van der Waals surface area contributed by atoms with Crippen molar-refractivity contribution < 1.29 is 23.5 Å². The topological polar surface area (TPSA) is 60.9 Å². The molecular formula is C15H16F2N2O3. The first-order valence-corrected chi connectivity index (χ1v) is 7.17. The van der Waals surface area contributed by atoms with E-state index in [1.807, 2.05) is 0 Å². The molecule has 2 aliphatic heterocycles. The maximum Gasteiger partial charge on any atom is 0.228 e. The van der Waals surface area contributed by atoms with Gasteiger partial charge in [0.25, 0.3) is 0 Å². The number of β-amino-alcohol motifs (C(OH)–C–C–N with tert-alkyl or cyclic N) is 1. The largest absolute Gasteiger partial charge is 0.391 e. The molecule has 0 radical (unpaired) electrons. The van der Waals surface area contributed by atoms with Crippen molar-refractivity contribution in [3.63, 3.8) is 0 Å². The normalized spacial score (nSPS) is 25.1. The van der Waals surface area contributed by atoms with Crippen LogP contribution in [0, 0.1) is 17.6 Å². The number of nitrogens with zero attached hydrogens (tertiary/aromatic N) is 2. The average molecular weight is 310 g/mol. The van der Waals surface area contributed by atoms with Gasteiger partial charge < -0.3 is 14.9 Å². The Kier molecular flexibility index (Phi) is 3.82. The number of halogens is 2. The number of benzene rings is 1. The molecule has 0 aromatic heterocycles. The molecular weight excluding hydrogens is 294 g/mol. The van der Waals surface area contributed by atoms with Crippen molar-refractivity contribution in [2.45, 2.75) is 18.9 Å². The molecule has 3 rings (SSSR count). The number of hydrogen-bond acceptors (Lipinski definition) is 3. The lowest BCUT2D eigenvalue weighted by Crippen LogP contribution is -2.36. The van der Waals surface area contributed by atoms with Crippen LogP contribution in [-0.2, 0) is 9.59 Å². The monoisotopic (exact) mass is 310 g/mol. The molecule has 0 saturated carbocycles. The van der Waals surface area contributed by atoms with Crippen molar-refractivity contribution in [3.05, 3.63) is 29.8 Å². The maximum absolute atomic E-state index is 13.3. The molecule has 7 heteroatoms. The zero-order chi connectivity index (χ0) is 15.9. The van der Waals surface area contributed by atoms with Gasteiger partial charge in [-0.05, 0) is 18.6 Å². The smallest absolute Gasteiger partial charge is 0.228 e. The Labute approximate surface area is 126 Å². The van der Waals surface area contributed by atoms with E-state index in [2.05, 4.69) is 0 Å². The first-order chi connectivity index (χ1) is 10.4. The summed E-state index contributed by atoms with van der Waals surface area (Å²) >= 11 is 0. The van der Waals surface area contributed by atoms with Gasteiger partial charge in [-0.15, -0.1) is 0 Å². The first kappa shape index (κ1) is 14.9. The third kappa shape index (κ3) is 2.81. The van der Waals surface area contributed by atoms with Gasteiger partial charge in [0.1, 0.15) is 11.6 Å². The van der Waals surface area contributed by atoms with E-state index in [9.17, 15) is 23.5 Å². The fraction of sp³-hybridized carbons (Fsp3) is 0.467. The van der Waals surface area contributed by atoms with Crippen LogP contribution in [0.15, 0.2) is 18.2 Å². The SMILES string of the molecule is O=C(C1CC(=O)N(c2cc(F)cc(F)c2)C1)N1CC[C@@H](O)C1. The predicted molar refractivity (Wildman–Crippen MR) is 74.0 cm³/mol. The van der Waals surface area contributed by atoms with Crippen LogP contribution in [-0.4, -0.2) is 47.6 Å². The van der Waals surface area contributed by atoms with Crippen LogP contribution in [0.4, 0.5) is 14.5 Å². The van der Waals surface area contributed by atoms with Gasteiger partial charge in [-0.1, -0.05) is 0 Å². The molecule has 0 aliphatic carbocycles. The summed E-state index contributed by atoms with van der Waals surface area (Å²) < 4.78 is 26.5. The van der Waals surface area contributed by atoms with Crippen LogP contribution in [0.25, 0.3) is 0 Å². The number of carbonyl (C=O) groups excluding carboxylic acids is 2. The second kappa shape index (κ2) is 5.64. The van der Waals surface area contributed by atoms with Gasteiger partial charge in [0, 0.05) is 37.8 Å². The van der Waals surface area contributed by atoms with Gasteiger partial charge in [0.15, 0.2) is 0 Å². The van der Waals surface area contributed by atoms with Gasteiger partial charge in [0.2, 0.25) is 11.8 Å². The lowest BCUT2D eigenvalue weighted by molar-refractivity contribution is -0.135. The molecule has 2 amide bonds. The number of rotatable bonds is 2. The summed E-state index contributed by atoms with van der Waals surface area (Å²) in [6.07, 6.45) is 0.0314. The van der Waals surface area contributed by atoms with Crippen molar-refractivity contribution in [2.75, 3.05) is 24.5 Å². The number of amides is 2. The molecule has 1 aromatic carbocycles. The number of anilines is 1. The Morgan fingerprint density at radius 3 is 2.45 bits per heavy atom. The van der Waals surface area contributed by atoms with E-state index in [0.29, 0.717) is 13.0 Å². The van der Waals surface area contributed by atoms with E-state index in [0.717, 1.165) is 18.2 Å². The summed E-state index contributed by atoms with van der Waals surface area (Å²) in [6.45, 7) is 0.852. The van der Waals surface area contributed by atoms with Crippen LogP contribution in [0.5, 0.6) is 0 Å². The van der Waals surface area contributed by atoms with Crippen LogP contribution >= 0.6 is 0 Å². The Morgan fingerprint density at radius 1 is 1.18 bits per heavy atom. The van der Waals surface area contributed by atoms with E-state index < -0.39 is 23.7 Å². The number of hydrogen-bond donors (Lipinski definition) is 1. The first-order valence-electron chi connectivity index (χ1n) is 7.17. The zero-order valence-electron chi connectivity index (χ0n) is 11.8. The summed E-state index contributed by atoms with van der Waals surface area (Å²) in [6, 6.07) is 2.89. The third-order valence-corrected chi connectivity index (χ3v) is 4.11. The van der Waals surface area contributed by atoms with Gasteiger partial charge in [-0.3, -0.25) is 9.59 Å². The molecule has 2 aliphatic rings. The highest BCUT2D eigenvalue weighted by Gasteiger charge is 2.39. The molecule has 22 heavy (non-hydrogen) atoms. The fourth-order valence-corrected chi connectivity index (χ4v) is 3.02. The summed E-state index contributed by atoms with van der Waals surface area (Å²) in [5.74, 6) is -2.59. The quantitative estimate of drug-likeness (QED) is 0.883. The average Bonchev–Trinajstić information content (AvgIpc) is 3.03. The van der Waals surface area contributed by atoms with E-state index in [-0.39, 0.29) is 37.0 Å². The Morgan fingerprint density at radius 2 is 1.86 bits per heavy atom. The molecule has 1 N–H and O–H groups in total. The summed E-state index contributed by atoms with van der Waals surface area (Å²) in [5.41, 5.74) is 0.124. The highest BCUT2D eigenvalue weighted by atomic mass is 19.1. The number of aliphatic hydroxyl groups is 1. The Hall–Kier alpha value is -2.02. The minimum Gasteiger partial charge on any atom is -0.391 e. The van der Waals surface area contributed by atoms with E-state index >= 15 is 0 Å². The molecule has 2 fully saturated rings. The van der Waals surface area contributed by atoms with Gasteiger partial charge in [-0.25, -0.2) is 8.78 Å². The summed E-state index contributed by atoms with van der Waals surface area (Å²) in [5, 5.41) is 9.48. The van der Waals surface area contributed by atoms with Crippen LogP contribution in [0.2, 0.25) is 0 Å². The number of likely N-dealkylation sites (tertiary alicyclic amines) is 1. The highest BCUT2D eigenvalue weighted by Crippen LogP contribution is 2.28. The second-order valence-electron chi connectivity index (χ2n) is 5.76. The predicted octanol–water partition coefficient (Wildman–Crippen LogP) is 0.911. The standard InChI is InChI=1S/C15H16F2N2O3/c16-10-4-11(17)6-12(5-10)19-7-9(3-14(19)21)15(22)18-2-1-13(20)8-18/h4-6,9,13,20H,1-3,7-8H2/t9?,13-/m1/s1. The lowest BCUT2D eigenvalue weighted by Gasteiger charge is -2.20. The Bertz CT molecular complexity index is 603. The van der Waals surface area contributed by atoms with E-state index in [1.54, 1.807) is 0 Å². The minimum absolute atomic E-state index is 0.0174. The summed E-state index contributed by atoms with van der Waals surface area (Å²) in [7, 11) is 0. The molecule has 2 atom stereocenters. The highest BCUT2D eigenvalue weighted by molar-refractivity contribution is 6.00. The number of carbonyl (C=O) groups is 2. The van der Waals surface area contributed by atoms with Crippen molar-refractivity contribution >= 4 is 17.5 Å². The minimum atomic E-state index is -0.764. The molecule has 1 aromatic rings. The zero-order valence-corrected chi connectivity index (χ0v) is 11.8. The van der Waals surface area contributed by atoms with E-state index in [1.165, 1.54) is 9.80 Å². The van der Waals surface area contributed by atoms with Crippen molar-refractivity contribution in [1.82, 2.24) is 4.90 Å². The number of aliphatic hydroxyl groups excluding tert-OH is 1. The van der Waals surface area contributed by atoms with Crippen LogP contribution in [0.3, 0.4) is 0 Å². The third-order valence-electron chi connectivity index (χ3n) is 4.11. The summed E-state index contributed by atoms with van der Waals surface area (Å²) in [4.78, 5) is 27.2. The van der Waals surface area contributed by atoms with Crippen molar-refractivity contribution in [3.8, 4) is 0 Å². The lowest BCUT2D eigenvalue weighted by atomic mass is 10.1. The molecule has 0 bridgehead atoms. The molecule has 5 nitrogen and oxygen atoms in total. The van der Waals surface area contributed by atoms with Crippen molar-refractivity contribution in [2.24, 2.45) is 5.92 Å². The van der Waals surface area contributed by atoms with Crippen LogP contribution in [0.1, 0.15) is 12.8 Å². The molecule has 2 saturated heterocycles. The fourth-order valence-electron chi connectivity index (χ4n) is 3.02. The van der Waals surface area contributed by atoms with Crippen LogP contribution < -0.4 is 4.90 Å². The van der Waals surface area contributed by atoms with Gasteiger partial charge in [-0.2, -0.15) is 0 Å².